The molecule has 0 aliphatic carbocycles. The van der Waals surface area contributed by atoms with Gasteiger partial charge in [-0.1, -0.05) is 18.2 Å². The summed E-state index contributed by atoms with van der Waals surface area (Å²) in [5.41, 5.74) is 0. The third-order valence-electron chi connectivity index (χ3n) is 4.50. The molecule has 0 spiro atoms. The second-order valence-corrected chi connectivity index (χ2v) is 6.66. The van der Waals surface area contributed by atoms with Crippen LogP contribution in [0.25, 0.3) is 0 Å². The number of nitrogens with zero attached hydrogens (tertiary/aromatic N) is 3. The maximum Gasteiger partial charge on any atom is 0.191 e. The zero-order chi connectivity index (χ0) is 19.6. The first-order valence-corrected chi connectivity index (χ1v) is 9.84. The van der Waals surface area contributed by atoms with Gasteiger partial charge in [0.2, 0.25) is 0 Å². The van der Waals surface area contributed by atoms with Crippen LogP contribution in [0, 0.1) is 5.82 Å². The highest BCUT2D eigenvalue weighted by atomic mass is 19.1. The van der Waals surface area contributed by atoms with Gasteiger partial charge in [-0.3, -0.25) is 4.99 Å². The van der Waals surface area contributed by atoms with Gasteiger partial charge in [0.15, 0.2) is 17.6 Å². The molecule has 7 heteroatoms. The van der Waals surface area contributed by atoms with Crippen LogP contribution in [0.3, 0.4) is 0 Å². The van der Waals surface area contributed by atoms with E-state index in [0.29, 0.717) is 25.5 Å². The van der Waals surface area contributed by atoms with Gasteiger partial charge in [-0.15, -0.1) is 0 Å². The van der Waals surface area contributed by atoms with Gasteiger partial charge in [-0.05, 0) is 37.6 Å². The Morgan fingerprint density at radius 3 is 2.93 bits per heavy atom. The molecule has 1 aromatic heterocycles. The molecule has 2 N–H and O–H groups in total. The van der Waals surface area contributed by atoms with Crippen LogP contribution >= 0.6 is 0 Å². The first-order chi connectivity index (χ1) is 13.8. The predicted molar refractivity (Wildman–Crippen MR) is 110 cm³/mol. The van der Waals surface area contributed by atoms with Crippen molar-refractivity contribution in [1.29, 1.82) is 0 Å². The molecule has 6 nitrogen and oxygen atoms in total. The summed E-state index contributed by atoms with van der Waals surface area (Å²) >= 11 is 0. The van der Waals surface area contributed by atoms with Crippen LogP contribution in [0.5, 0.6) is 5.75 Å². The predicted octanol–water partition coefficient (Wildman–Crippen LogP) is 2.82. The SMILES string of the molecule is CCNC(=NCCCOc1ccccc1)NC1CCN(c2ncccc2F)C1. The largest absolute Gasteiger partial charge is 0.494 e. The highest BCUT2D eigenvalue weighted by Gasteiger charge is 2.25. The number of halogens is 1. The quantitative estimate of drug-likeness (QED) is 0.416. The molecule has 1 aliphatic heterocycles. The van der Waals surface area contributed by atoms with Crippen molar-refractivity contribution in [3.63, 3.8) is 0 Å². The summed E-state index contributed by atoms with van der Waals surface area (Å²) in [6.45, 7) is 5.61. The number of para-hydroxylation sites is 1. The van der Waals surface area contributed by atoms with Crippen molar-refractivity contribution < 1.29 is 9.13 Å². The second kappa shape index (κ2) is 10.5. The summed E-state index contributed by atoms with van der Waals surface area (Å²) in [7, 11) is 0. The van der Waals surface area contributed by atoms with Crippen LogP contribution in [-0.4, -0.2) is 49.8 Å². The van der Waals surface area contributed by atoms with Crippen LogP contribution in [0.4, 0.5) is 10.2 Å². The maximum absolute atomic E-state index is 13.9. The van der Waals surface area contributed by atoms with Gasteiger partial charge in [-0.25, -0.2) is 9.37 Å². The summed E-state index contributed by atoms with van der Waals surface area (Å²) in [4.78, 5) is 10.8. The van der Waals surface area contributed by atoms with Crippen molar-refractivity contribution >= 4 is 11.8 Å². The van der Waals surface area contributed by atoms with Gasteiger partial charge in [0.25, 0.3) is 0 Å². The van der Waals surface area contributed by atoms with Crippen molar-refractivity contribution in [3.05, 3.63) is 54.5 Å². The fourth-order valence-corrected chi connectivity index (χ4v) is 3.16. The van der Waals surface area contributed by atoms with E-state index in [2.05, 4.69) is 20.6 Å². The van der Waals surface area contributed by atoms with E-state index in [4.69, 9.17) is 4.74 Å². The van der Waals surface area contributed by atoms with Crippen molar-refractivity contribution in [1.82, 2.24) is 15.6 Å². The fraction of sp³-hybridized carbons (Fsp3) is 0.429. The molecule has 150 valence electrons. The van der Waals surface area contributed by atoms with E-state index in [-0.39, 0.29) is 11.9 Å². The van der Waals surface area contributed by atoms with Crippen LogP contribution in [0.2, 0.25) is 0 Å². The molecule has 1 unspecified atom stereocenters. The number of benzene rings is 1. The Hall–Kier alpha value is -2.83. The third kappa shape index (κ3) is 5.84. The smallest absolute Gasteiger partial charge is 0.191 e. The molecule has 2 aromatic rings. The number of pyridine rings is 1. The van der Waals surface area contributed by atoms with Crippen molar-refractivity contribution in [2.45, 2.75) is 25.8 Å². The molecular weight excluding hydrogens is 357 g/mol. The lowest BCUT2D eigenvalue weighted by Crippen LogP contribution is -2.44. The minimum Gasteiger partial charge on any atom is -0.494 e. The number of rotatable bonds is 8. The Bertz CT molecular complexity index is 755. The van der Waals surface area contributed by atoms with Crippen molar-refractivity contribution in [2.75, 3.05) is 37.7 Å². The van der Waals surface area contributed by atoms with Gasteiger partial charge in [-0.2, -0.15) is 0 Å². The van der Waals surface area contributed by atoms with Gasteiger partial charge in [0, 0.05) is 44.8 Å². The van der Waals surface area contributed by atoms with E-state index in [0.717, 1.165) is 37.6 Å². The number of nitrogens with one attached hydrogen (secondary N) is 2. The monoisotopic (exact) mass is 385 g/mol. The number of ether oxygens (including phenoxy) is 1. The first kappa shape index (κ1) is 19.9. The third-order valence-corrected chi connectivity index (χ3v) is 4.50. The van der Waals surface area contributed by atoms with Crippen molar-refractivity contribution in [2.24, 2.45) is 4.99 Å². The first-order valence-electron chi connectivity index (χ1n) is 9.84. The zero-order valence-electron chi connectivity index (χ0n) is 16.3. The minimum absolute atomic E-state index is 0.208. The number of anilines is 1. The van der Waals surface area contributed by atoms with E-state index in [9.17, 15) is 4.39 Å². The number of aliphatic imine (C=N–C) groups is 1. The standard InChI is InChI=1S/C21H28FN5O/c1-2-23-21(25-13-7-15-28-18-8-4-3-5-9-18)26-17-11-14-27(16-17)20-19(22)10-6-12-24-20/h3-6,8-10,12,17H,2,7,11,13-16H2,1H3,(H2,23,25,26). The van der Waals surface area contributed by atoms with E-state index in [1.165, 1.54) is 6.07 Å². The molecule has 3 rings (SSSR count). The van der Waals surface area contributed by atoms with Crippen LogP contribution in [-0.2, 0) is 0 Å². The topological polar surface area (TPSA) is 61.8 Å². The molecule has 0 bridgehead atoms. The molecule has 0 saturated carbocycles. The average Bonchev–Trinajstić information content (AvgIpc) is 3.17. The second-order valence-electron chi connectivity index (χ2n) is 6.66. The van der Waals surface area contributed by atoms with Gasteiger partial charge >= 0.3 is 0 Å². The van der Waals surface area contributed by atoms with E-state index < -0.39 is 0 Å². The molecule has 1 aromatic carbocycles. The summed E-state index contributed by atoms with van der Waals surface area (Å²) in [5.74, 6) is 1.81. The Labute approximate surface area is 165 Å². The molecule has 28 heavy (non-hydrogen) atoms. The van der Waals surface area contributed by atoms with E-state index in [1.54, 1.807) is 12.3 Å². The molecule has 1 aliphatic rings. The Morgan fingerprint density at radius 2 is 2.14 bits per heavy atom. The van der Waals surface area contributed by atoms with E-state index >= 15 is 0 Å². The highest BCUT2D eigenvalue weighted by molar-refractivity contribution is 5.80. The number of hydrogen-bond acceptors (Lipinski definition) is 4. The van der Waals surface area contributed by atoms with Gasteiger partial charge < -0.3 is 20.3 Å². The molecule has 1 fully saturated rings. The number of guanidine groups is 1. The van der Waals surface area contributed by atoms with Gasteiger partial charge in [0.05, 0.1) is 6.61 Å². The molecule has 0 amide bonds. The molecular formula is C21H28FN5O. The lowest BCUT2D eigenvalue weighted by Gasteiger charge is -2.20. The molecule has 1 atom stereocenters. The van der Waals surface area contributed by atoms with E-state index in [1.807, 2.05) is 42.2 Å². The number of aromatic nitrogens is 1. The number of hydrogen-bond donors (Lipinski definition) is 2. The van der Waals surface area contributed by atoms with Crippen LogP contribution in [0.15, 0.2) is 53.7 Å². The summed E-state index contributed by atoms with van der Waals surface area (Å²) in [5, 5.41) is 6.72. The zero-order valence-corrected chi connectivity index (χ0v) is 16.3. The summed E-state index contributed by atoms with van der Waals surface area (Å²) in [6, 6.07) is 13.1. The Morgan fingerprint density at radius 1 is 1.29 bits per heavy atom. The molecule has 2 heterocycles. The Balaban J connectivity index is 1.45. The minimum atomic E-state index is -0.276. The lowest BCUT2D eigenvalue weighted by molar-refractivity contribution is 0.313. The normalized spacial score (nSPS) is 16.9. The highest BCUT2D eigenvalue weighted by Crippen LogP contribution is 2.20. The lowest BCUT2D eigenvalue weighted by atomic mass is 10.3. The van der Waals surface area contributed by atoms with Crippen molar-refractivity contribution in [3.8, 4) is 5.75 Å². The average molecular weight is 385 g/mol. The fourth-order valence-electron chi connectivity index (χ4n) is 3.16. The maximum atomic E-state index is 13.9. The summed E-state index contributed by atoms with van der Waals surface area (Å²) < 4.78 is 19.6. The molecule has 1 saturated heterocycles. The Kier molecular flexibility index (Phi) is 7.46. The molecule has 0 radical (unpaired) electrons. The van der Waals surface area contributed by atoms with Crippen LogP contribution in [0.1, 0.15) is 19.8 Å². The summed E-state index contributed by atoms with van der Waals surface area (Å²) in [6.07, 6.45) is 3.38. The van der Waals surface area contributed by atoms with Gasteiger partial charge in [0.1, 0.15) is 5.75 Å². The van der Waals surface area contributed by atoms with Crippen LogP contribution < -0.4 is 20.3 Å².